The van der Waals surface area contributed by atoms with E-state index in [9.17, 15) is 8.78 Å². The molecule has 1 unspecified atom stereocenters. The number of halogens is 2. The lowest BCUT2D eigenvalue weighted by Crippen LogP contribution is -2.15. The average molecular weight is 349 g/mol. The summed E-state index contributed by atoms with van der Waals surface area (Å²) in [6.07, 6.45) is 2.65. The van der Waals surface area contributed by atoms with E-state index in [-0.39, 0.29) is 5.92 Å². The normalized spacial score (nSPS) is 12.0. The van der Waals surface area contributed by atoms with Crippen molar-refractivity contribution < 1.29 is 18.3 Å². The maximum Gasteiger partial charge on any atom is 0.161 e. The Kier molecular flexibility index (Phi) is 7.19. The van der Waals surface area contributed by atoms with Gasteiger partial charge in [-0.1, -0.05) is 25.5 Å². The monoisotopic (exact) mass is 349 g/mol. The van der Waals surface area contributed by atoms with Gasteiger partial charge < -0.3 is 15.2 Å². The Labute approximate surface area is 147 Å². The quantitative estimate of drug-likeness (QED) is 0.681. The molecular weight excluding hydrogens is 324 g/mol. The van der Waals surface area contributed by atoms with Crippen LogP contribution in [0.1, 0.15) is 36.8 Å². The van der Waals surface area contributed by atoms with Crippen LogP contribution in [-0.4, -0.2) is 20.3 Å². The number of unbranched alkanes of at least 4 members (excludes halogenated alkanes) is 1. The van der Waals surface area contributed by atoms with Crippen LogP contribution in [0.25, 0.3) is 0 Å². The fourth-order valence-electron chi connectivity index (χ4n) is 2.67. The first-order valence-electron chi connectivity index (χ1n) is 8.53. The molecule has 0 saturated heterocycles. The molecule has 0 aliphatic rings. The van der Waals surface area contributed by atoms with Crippen LogP contribution in [0.4, 0.5) is 8.78 Å². The number of benzene rings is 2. The maximum atomic E-state index is 13.5. The highest BCUT2D eigenvalue weighted by Gasteiger charge is 2.15. The molecule has 2 aromatic rings. The Morgan fingerprint density at radius 2 is 1.84 bits per heavy atom. The molecule has 25 heavy (non-hydrogen) atoms. The van der Waals surface area contributed by atoms with Gasteiger partial charge in [-0.15, -0.1) is 0 Å². The molecule has 5 heteroatoms. The van der Waals surface area contributed by atoms with Crippen molar-refractivity contribution in [3.63, 3.8) is 0 Å². The van der Waals surface area contributed by atoms with Crippen LogP contribution in [0, 0.1) is 11.6 Å². The van der Waals surface area contributed by atoms with Gasteiger partial charge >= 0.3 is 0 Å². The molecule has 0 aliphatic carbocycles. The first kappa shape index (κ1) is 19.2. The Morgan fingerprint density at radius 3 is 2.48 bits per heavy atom. The fraction of sp³-hybridized carbons (Fsp3) is 0.400. The van der Waals surface area contributed by atoms with E-state index in [0.717, 1.165) is 24.5 Å². The molecule has 3 nitrogen and oxygen atoms in total. The third kappa shape index (κ3) is 5.16. The highest BCUT2D eigenvalue weighted by molar-refractivity contribution is 5.43. The van der Waals surface area contributed by atoms with E-state index in [2.05, 4.69) is 6.92 Å². The molecule has 0 saturated carbocycles. The van der Waals surface area contributed by atoms with Gasteiger partial charge in [-0.3, -0.25) is 0 Å². The lowest BCUT2D eigenvalue weighted by atomic mass is 9.92. The molecule has 0 heterocycles. The van der Waals surface area contributed by atoms with Gasteiger partial charge in [0, 0.05) is 5.92 Å². The largest absolute Gasteiger partial charge is 0.493 e. The van der Waals surface area contributed by atoms with Gasteiger partial charge in [0.15, 0.2) is 23.1 Å². The lowest BCUT2D eigenvalue weighted by Gasteiger charge is -2.17. The second-order valence-electron chi connectivity index (χ2n) is 6.00. The molecule has 0 amide bonds. The number of ether oxygens (including phenoxy) is 2. The minimum atomic E-state index is -0.854. The van der Waals surface area contributed by atoms with Crippen molar-refractivity contribution in [3.05, 3.63) is 59.2 Å². The van der Waals surface area contributed by atoms with Crippen molar-refractivity contribution in [2.75, 3.05) is 20.3 Å². The molecule has 0 spiro atoms. The van der Waals surface area contributed by atoms with Crippen LogP contribution in [0.3, 0.4) is 0 Å². The fourth-order valence-corrected chi connectivity index (χ4v) is 2.67. The van der Waals surface area contributed by atoms with Crippen LogP contribution < -0.4 is 15.2 Å². The summed E-state index contributed by atoms with van der Waals surface area (Å²) in [5, 5.41) is 0. The van der Waals surface area contributed by atoms with E-state index in [1.165, 1.54) is 6.07 Å². The summed E-state index contributed by atoms with van der Waals surface area (Å²) >= 11 is 0. The zero-order valence-electron chi connectivity index (χ0n) is 14.7. The summed E-state index contributed by atoms with van der Waals surface area (Å²) in [5.41, 5.74) is 7.53. The number of nitrogens with two attached hydrogens (primary N) is 1. The average Bonchev–Trinajstić information content (AvgIpc) is 2.63. The number of hydrogen-bond donors (Lipinski definition) is 1. The van der Waals surface area contributed by atoms with Gasteiger partial charge in [0.1, 0.15) is 0 Å². The van der Waals surface area contributed by atoms with Crippen LogP contribution in [0.5, 0.6) is 11.5 Å². The maximum absolute atomic E-state index is 13.5. The molecule has 0 aliphatic heterocycles. The van der Waals surface area contributed by atoms with Crippen molar-refractivity contribution in [3.8, 4) is 11.5 Å². The van der Waals surface area contributed by atoms with Crippen molar-refractivity contribution >= 4 is 0 Å². The Morgan fingerprint density at radius 1 is 1.04 bits per heavy atom. The molecule has 2 aromatic carbocycles. The summed E-state index contributed by atoms with van der Waals surface area (Å²) in [5.74, 6) is -0.443. The lowest BCUT2D eigenvalue weighted by molar-refractivity contribution is 0.288. The molecular formula is C20H25F2NO2. The first-order valence-corrected chi connectivity index (χ1v) is 8.53. The zero-order valence-corrected chi connectivity index (χ0v) is 14.7. The second kappa shape index (κ2) is 9.37. The summed E-state index contributed by atoms with van der Waals surface area (Å²) in [7, 11) is 1.60. The van der Waals surface area contributed by atoms with Gasteiger partial charge in [0.2, 0.25) is 0 Å². The van der Waals surface area contributed by atoms with Gasteiger partial charge in [-0.05, 0) is 54.8 Å². The second-order valence-corrected chi connectivity index (χ2v) is 6.00. The summed E-state index contributed by atoms with van der Waals surface area (Å²) < 4.78 is 37.7. The molecule has 0 aromatic heterocycles. The van der Waals surface area contributed by atoms with E-state index in [0.29, 0.717) is 36.6 Å². The predicted molar refractivity (Wildman–Crippen MR) is 95.3 cm³/mol. The van der Waals surface area contributed by atoms with Crippen LogP contribution in [-0.2, 0) is 6.42 Å². The standard InChI is InChI=1S/C20H25F2NO2/c1-3-4-9-25-19-8-5-14(11-20(19)24-2)10-16(13-23)15-6-7-17(21)18(22)12-15/h5-8,11-12,16H,3-4,9-10,13,23H2,1-2H3. The van der Waals surface area contributed by atoms with Crippen LogP contribution in [0.2, 0.25) is 0 Å². The Hall–Kier alpha value is -2.14. The first-order chi connectivity index (χ1) is 12.1. The van der Waals surface area contributed by atoms with Crippen molar-refractivity contribution in [2.45, 2.75) is 32.1 Å². The molecule has 2 N–H and O–H groups in total. The number of methoxy groups -OCH3 is 1. The smallest absolute Gasteiger partial charge is 0.161 e. The Bertz CT molecular complexity index is 691. The highest BCUT2D eigenvalue weighted by atomic mass is 19.2. The summed E-state index contributed by atoms with van der Waals surface area (Å²) in [6, 6.07) is 9.67. The molecule has 0 bridgehead atoms. The summed E-state index contributed by atoms with van der Waals surface area (Å²) in [6.45, 7) is 3.09. The van der Waals surface area contributed by atoms with Gasteiger partial charge in [-0.2, -0.15) is 0 Å². The predicted octanol–water partition coefficient (Wildman–Crippen LogP) is 4.44. The van der Waals surface area contributed by atoms with Gasteiger partial charge in [0.05, 0.1) is 13.7 Å². The molecule has 2 rings (SSSR count). The van der Waals surface area contributed by atoms with E-state index >= 15 is 0 Å². The Balaban J connectivity index is 2.15. The topological polar surface area (TPSA) is 44.5 Å². The third-order valence-electron chi connectivity index (χ3n) is 4.17. The minimum Gasteiger partial charge on any atom is -0.493 e. The number of hydrogen-bond acceptors (Lipinski definition) is 3. The third-order valence-corrected chi connectivity index (χ3v) is 4.17. The van der Waals surface area contributed by atoms with Crippen molar-refractivity contribution in [1.29, 1.82) is 0 Å². The van der Waals surface area contributed by atoms with Gasteiger partial charge in [0.25, 0.3) is 0 Å². The minimum absolute atomic E-state index is 0.105. The van der Waals surface area contributed by atoms with E-state index in [4.69, 9.17) is 15.2 Å². The van der Waals surface area contributed by atoms with Crippen molar-refractivity contribution in [1.82, 2.24) is 0 Å². The van der Waals surface area contributed by atoms with Crippen molar-refractivity contribution in [2.24, 2.45) is 5.73 Å². The van der Waals surface area contributed by atoms with Crippen LogP contribution in [0.15, 0.2) is 36.4 Å². The van der Waals surface area contributed by atoms with E-state index < -0.39 is 11.6 Å². The molecule has 0 radical (unpaired) electrons. The molecule has 1 atom stereocenters. The number of rotatable bonds is 9. The molecule has 136 valence electrons. The molecule has 0 fully saturated rings. The van der Waals surface area contributed by atoms with Gasteiger partial charge in [-0.25, -0.2) is 8.78 Å². The SMILES string of the molecule is CCCCOc1ccc(CC(CN)c2ccc(F)c(F)c2)cc1OC. The van der Waals surface area contributed by atoms with Crippen LogP contribution >= 0.6 is 0 Å². The highest BCUT2D eigenvalue weighted by Crippen LogP contribution is 2.30. The zero-order chi connectivity index (χ0) is 18.2. The van der Waals surface area contributed by atoms with E-state index in [1.54, 1.807) is 13.2 Å². The summed E-state index contributed by atoms with van der Waals surface area (Å²) in [4.78, 5) is 0. The van der Waals surface area contributed by atoms with E-state index in [1.807, 2.05) is 18.2 Å².